The Morgan fingerprint density at radius 2 is 2.00 bits per heavy atom. The smallest absolute Gasteiger partial charge is 0.125 e. The van der Waals surface area contributed by atoms with Crippen LogP contribution in [0.4, 0.5) is 5.69 Å². The molecule has 0 fully saturated rings. The normalized spacial score (nSPS) is 12.4. The highest BCUT2D eigenvalue weighted by Gasteiger charge is 2.08. The van der Waals surface area contributed by atoms with Crippen LogP contribution >= 0.6 is 11.6 Å². The number of hydrogen-bond donors (Lipinski definition) is 1. The molecule has 2 aromatic rings. The lowest BCUT2D eigenvalue weighted by molar-refractivity contribution is 0.490. The highest BCUT2D eigenvalue weighted by molar-refractivity contribution is 6.33. The minimum Gasteiger partial charge on any atom is -0.467 e. The van der Waals surface area contributed by atoms with Crippen molar-refractivity contribution in [3.05, 3.63) is 53.4 Å². The molecular weight excluding hydrogens is 210 g/mol. The number of para-hydroxylation sites is 1. The maximum Gasteiger partial charge on any atom is 0.125 e. The zero-order chi connectivity index (χ0) is 10.7. The number of anilines is 1. The van der Waals surface area contributed by atoms with Crippen LogP contribution in [0.25, 0.3) is 0 Å². The van der Waals surface area contributed by atoms with E-state index in [0.29, 0.717) is 0 Å². The Morgan fingerprint density at radius 3 is 2.67 bits per heavy atom. The minimum atomic E-state index is 0.111. The molecule has 0 radical (unpaired) electrons. The summed E-state index contributed by atoms with van der Waals surface area (Å²) in [5, 5.41) is 4.01. The van der Waals surface area contributed by atoms with Crippen molar-refractivity contribution in [3.63, 3.8) is 0 Å². The third-order valence-electron chi connectivity index (χ3n) is 2.22. The Kier molecular flexibility index (Phi) is 2.97. The first kappa shape index (κ1) is 10.1. The van der Waals surface area contributed by atoms with Gasteiger partial charge in [-0.25, -0.2) is 0 Å². The molecule has 0 spiro atoms. The van der Waals surface area contributed by atoms with E-state index in [1.807, 2.05) is 43.3 Å². The second-order valence-corrected chi connectivity index (χ2v) is 3.77. The van der Waals surface area contributed by atoms with Gasteiger partial charge < -0.3 is 9.73 Å². The van der Waals surface area contributed by atoms with Gasteiger partial charge in [0.05, 0.1) is 23.0 Å². The number of halogens is 1. The van der Waals surface area contributed by atoms with Crippen LogP contribution in [-0.2, 0) is 0 Å². The Balaban J connectivity index is 2.13. The molecule has 0 aliphatic carbocycles. The fourth-order valence-electron chi connectivity index (χ4n) is 1.42. The summed E-state index contributed by atoms with van der Waals surface area (Å²) >= 11 is 6.04. The van der Waals surface area contributed by atoms with Gasteiger partial charge in [-0.3, -0.25) is 0 Å². The molecule has 0 unspecified atom stereocenters. The molecule has 3 heteroatoms. The van der Waals surface area contributed by atoms with E-state index in [-0.39, 0.29) is 6.04 Å². The van der Waals surface area contributed by atoms with Gasteiger partial charge in [-0.2, -0.15) is 0 Å². The SMILES string of the molecule is C[C@@H](Nc1ccccc1Cl)c1ccco1. The topological polar surface area (TPSA) is 25.2 Å². The molecule has 1 heterocycles. The summed E-state index contributed by atoms with van der Waals surface area (Å²) in [4.78, 5) is 0. The van der Waals surface area contributed by atoms with Crippen LogP contribution in [0.3, 0.4) is 0 Å². The van der Waals surface area contributed by atoms with E-state index in [0.717, 1.165) is 16.5 Å². The van der Waals surface area contributed by atoms with Crippen molar-refractivity contribution in [3.8, 4) is 0 Å². The van der Waals surface area contributed by atoms with Crippen LogP contribution in [0.15, 0.2) is 47.1 Å². The predicted molar refractivity (Wildman–Crippen MR) is 62.2 cm³/mol. The number of furan rings is 1. The third kappa shape index (κ3) is 2.34. The van der Waals surface area contributed by atoms with Crippen LogP contribution in [-0.4, -0.2) is 0 Å². The molecule has 0 amide bonds. The van der Waals surface area contributed by atoms with Crippen LogP contribution in [0.2, 0.25) is 5.02 Å². The third-order valence-corrected chi connectivity index (χ3v) is 2.55. The van der Waals surface area contributed by atoms with E-state index in [9.17, 15) is 0 Å². The largest absolute Gasteiger partial charge is 0.467 e. The van der Waals surface area contributed by atoms with Gasteiger partial charge in [-0.05, 0) is 31.2 Å². The van der Waals surface area contributed by atoms with Crippen molar-refractivity contribution in [1.82, 2.24) is 0 Å². The Hall–Kier alpha value is -1.41. The monoisotopic (exact) mass is 221 g/mol. The van der Waals surface area contributed by atoms with Gasteiger partial charge in [0.2, 0.25) is 0 Å². The second-order valence-electron chi connectivity index (χ2n) is 3.36. The minimum absolute atomic E-state index is 0.111. The average Bonchev–Trinajstić information content (AvgIpc) is 2.74. The van der Waals surface area contributed by atoms with E-state index in [4.69, 9.17) is 16.0 Å². The average molecular weight is 222 g/mol. The molecule has 15 heavy (non-hydrogen) atoms. The van der Waals surface area contributed by atoms with Crippen LogP contribution < -0.4 is 5.32 Å². The van der Waals surface area contributed by atoms with Crippen molar-refractivity contribution in [2.75, 3.05) is 5.32 Å². The summed E-state index contributed by atoms with van der Waals surface area (Å²) in [6.07, 6.45) is 1.67. The van der Waals surface area contributed by atoms with Gasteiger partial charge in [0.25, 0.3) is 0 Å². The molecule has 1 N–H and O–H groups in total. The zero-order valence-electron chi connectivity index (χ0n) is 8.41. The van der Waals surface area contributed by atoms with Gasteiger partial charge in [0.15, 0.2) is 0 Å². The summed E-state index contributed by atoms with van der Waals surface area (Å²) < 4.78 is 5.30. The summed E-state index contributed by atoms with van der Waals surface area (Å²) in [5.41, 5.74) is 0.920. The first-order chi connectivity index (χ1) is 7.27. The van der Waals surface area contributed by atoms with E-state index in [2.05, 4.69) is 5.32 Å². The van der Waals surface area contributed by atoms with Gasteiger partial charge in [0.1, 0.15) is 5.76 Å². The first-order valence-corrected chi connectivity index (χ1v) is 5.19. The summed E-state index contributed by atoms with van der Waals surface area (Å²) in [5.74, 6) is 0.898. The summed E-state index contributed by atoms with van der Waals surface area (Å²) in [6.45, 7) is 2.03. The highest BCUT2D eigenvalue weighted by Crippen LogP contribution is 2.25. The van der Waals surface area contributed by atoms with Crippen molar-refractivity contribution >= 4 is 17.3 Å². The molecule has 0 bridgehead atoms. The standard InChI is InChI=1S/C12H12ClNO/c1-9(12-7-4-8-15-12)14-11-6-3-2-5-10(11)13/h2-9,14H,1H3/t9-/m1/s1. The molecule has 0 saturated carbocycles. The van der Waals surface area contributed by atoms with Gasteiger partial charge >= 0.3 is 0 Å². The second kappa shape index (κ2) is 4.41. The summed E-state index contributed by atoms with van der Waals surface area (Å²) in [7, 11) is 0. The molecule has 0 aliphatic heterocycles. The van der Waals surface area contributed by atoms with Gasteiger partial charge in [0, 0.05) is 0 Å². The van der Waals surface area contributed by atoms with Crippen LogP contribution in [0, 0.1) is 0 Å². The highest BCUT2D eigenvalue weighted by atomic mass is 35.5. The number of benzene rings is 1. The zero-order valence-corrected chi connectivity index (χ0v) is 9.16. The predicted octanol–water partition coefficient (Wildman–Crippen LogP) is 4.11. The molecule has 78 valence electrons. The Morgan fingerprint density at radius 1 is 1.20 bits per heavy atom. The van der Waals surface area contributed by atoms with Crippen molar-refractivity contribution in [1.29, 1.82) is 0 Å². The molecule has 1 atom stereocenters. The molecule has 2 rings (SSSR count). The number of nitrogens with one attached hydrogen (secondary N) is 1. The quantitative estimate of drug-likeness (QED) is 0.844. The number of hydrogen-bond acceptors (Lipinski definition) is 2. The van der Waals surface area contributed by atoms with Gasteiger partial charge in [-0.1, -0.05) is 23.7 Å². The van der Waals surface area contributed by atoms with Crippen molar-refractivity contribution in [2.24, 2.45) is 0 Å². The van der Waals surface area contributed by atoms with E-state index in [1.54, 1.807) is 6.26 Å². The van der Waals surface area contributed by atoms with Crippen LogP contribution in [0.1, 0.15) is 18.7 Å². The van der Waals surface area contributed by atoms with Crippen LogP contribution in [0.5, 0.6) is 0 Å². The number of rotatable bonds is 3. The first-order valence-electron chi connectivity index (χ1n) is 4.82. The van der Waals surface area contributed by atoms with E-state index < -0.39 is 0 Å². The van der Waals surface area contributed by atoms with E-state index >= 15 is 0 Å². The maximum absolute atomic E-state index is 6.04. The molecule has 0 aliphatic rings. The molecule has 2 nitrogen and oxygen atoms in total. The Bertz CT molecular complexity index is 425. The fraction of sp³-hybridized carbons (Fsp3) is 0.167. The molecule has 1 aromatic carbocycles. The maximum atomic E-state index is 6.04. The summed E-state index contributed by atoms with van der Waals surface area (Å²) in [6, 6.07) is 11.6. The molecule has 1 aromatic heterocycles. The van der Waals surface area contributed by atoms with Crippen molar-refractivity contribution < 1.29 is 4.42 Å². The van der Waals surface area contributed by atoms with Crippen molar-refractivity contribution in [2.45, 2.75) is 13.0 Å². The molecule has 0 saturated heterocycles. The lowest BCUT2D eigenvalue weighted by Crippen LogP contribution is -2.05. The Labute approximate surface area is 93.9 Å². The fourth-order valence-corrected chi connectivity index (χ4v) is 1.61. The van der Waals surface area contributed by atoms with E-state index in [1.165, 1.54) is 0 Å². The lowest BCUT2D eigenvalue weighted by atomic mass is 10.2. The lowest BCUT2D eigenvalue weighted by Gasteiger charge is -2.13. The molecular formula is C12H12ClNO. The van der Waals surface area contributed by atoms with Gasteiger partial charge in [-0.15, -0.1) is 0 Å².